The Bertz CT molecular complexity index is 523. The first-order chi connectivity index (χ1) is 10.8. The molecule has 5 heteroatoms. The van der Waals surface area contributed by atoms with E-state index in [0.29, 0.717) is 13.2 Å². The zero-order chi connectivity index (χ0) is 15.6. The number of unbranched alkanes of at least 4 members (excludes halogenated alkanes) is 3. The predicted octanol–water partition coefficient (Wildman–Crippen LogP) is 5.53. The molecule has 0 N–H and O–H groups in total. The molecule has 2 aromatic rings. The minimum Gasteiger partial charge on any atom is -0.444 e. The Morgan fingerprint density at radius 3 is 2.45 bits per heavy atom. The van der Waals surface area contributed by atoms with Gasteiger partial charge in [-0.05, 0) is 29.3 Å². The summed E-state index contributed by atoms with van der Waals surface area (Å²) >= 11 is 3.29. The number of hydrogen-bond donors (Lipinski definition) is 0. The lowest BCUT2D eigenvalue weighted by molar-refractivity contribution is 0.0941. The van der Waals surface area contributed by atoms with Crippen LogP contribution in [0.3, 0.4) is 0 Å². The van der Waals surface area contributed by atoms with Crippen LogP contribution in [0, 0.1) is 0 Å². The van der Waals surface area contributed by atoms with E-state index in [2.05, 4.69) is 13.0 Å². The van der Waals surface area contributed by atoms with E-state index in [9.17, 15) is 4.79 Å². The number of rotatable bonds is 9. The van der Waals surface area contributed by atoms with Crippen molar-refractivity contribution in [3.05, 3.63) is 44.8 Å². The van der Waals surface area contributed by atoms with Gasteiger partial charge in [0.25, 0.3) is 0 Å². The fourth-order valence-corrected chi connectivity index (χ4v) is 3.51. The molecule has 0 saturated heterocycles. The normalized spacial score (nSPS) is 10.6. The monoisotopic (exact) mass is 337 g/mol. The van der Waals surface area contributed by atoms with Crippen LogP contribution in [0.5, 0.6) is 0 Å². The van der Waals surface area contributed by atoms with Gasteiger partial charge in [0.2, 0.25) is 0 Å². The van der Waals surface area contributed by atoms with Crippen molar-refractivity contribution >= 4 is 28.8 Å². The summed E-state index contributed by atoms with van der Waals surface area (Å²) in [6, 6.07) is 8.05. The van der Waals surface area contributed by atoms with E-state index in [-0.39, 0.29) is 6.09 Å². The highest BCUT2D eigenvalue weighted by Crippen LogP contribution is 2.15. The molecule has 0 aliphatic rings. The van der Waals surface area contributed by atoms with Gasteiger partial charge in [0.05, 0.1) is 6.54 Å². The molecule has 120 valence electrons. The van der Waals surface area contributed by atoms with E-state index in [1.54, 1.807) is 22.7 Å². The minimum atomic E-state index is -0.210. The van der Waals surface area contributed by atoms with Crippen molar-refractivity contribution in [3.63, 3.8) is 0 Å². The van der Waals surface area contributed by atoms with E-state index >= 15 is 0 Å². The van der Waals surface area contributed by atoms with Gasteiger partial charge in [-0.1, -0.05) is 38.3 Å². The third kappa shape index (κ3) is 5.81. The summed E-state index contributed by atoms with van der Waals surface area (Å²) < 4.78 is 5.46. The van der Waals surface area contributed by atoms with Gasteiger partial charge >= 0.3 is 6.09 Å². The molecule has 0 fully saturated rings. The second-order valence-electron chi connectivity index (χ2n) is 5.20. The number of nitrogens with zero attached hydrogens (tertiary/aromatic N) is 1. The standard InChI is InChI=1S/C17H23NO2S2/c1-2-3-4-5-10-18(13-15-8-6-11-21-15)17(19)20-14-16-9-7-12-22-16/h6-9,11-12H,2-5,10,13-14H2,1H3. The average molecular weight is 338 g/mol. The van der Waals surface area contributed by atoms with Crippen LogP contribution >= 0.6 is 22.7 Å². The van der Waals surface area contributed by atoms with Crippen LogP contribution < -0.4 is 0 Å². The molecule has 0 aliphatic heterocycles. The molecule has 0 saturated carbocycles. The van der Waals surface area contributed by atoms with Gasteiger partial charge in [0, 0.05) is 16.3 Å². The van der Waals surface area contributed by atoms with Gasteiger partial charge < -0.3 is 9.64 Å². The number of carbonyl (C=O) groups excluding carboxylic acids is 1. The summed E-state index contributed by atoms with van der Waals surface area (Å²) in [6.45, 7) is 3.97. The Hall–Kier alpha value is -1.33. The molecular formula is C17H23NO2S2. The molecule has 3 nitrogen and oxygen atoms in total. The number of amides is 1. The van der Waals surface area contributed by atoms with Crippen LogP contribution in [-0.4, -0.2) is 17.5 Å². The van der Waals surface area contributed by atoms with E-state index in [0.717, 1.165) is 24.3 Å². The number of thiophene rings is 2. The molecule has 0 unspecified atom stereocenters. The SMILES string of the molecule is CCCCCCN(Cc1cccs1)C(=O)OCc1cccs1. The Labute approximate surface area is 140 Å². The van der Waals surface area contributed by atoms with Gasteiger partial charge in [-0.3, -0.25) is 0 Å². The maximum atomic E-state index is 12.3. The van der Waals surface area contributed by atoms with Crippen LogP contribution in [0.4, 0.5) is 4.79 Å². The zero-order valence-corrected chi connectivity index (χ0v) is 14.6. The van der Waals surface area contributed by atoms with Gasteiger partial charge in [0.15, 0.2) is 0 Å². The Balaban J connectivity index is 1.85. The molecule has 2 rings (SSSR count). The Kier molecular flexibility index (Phi) is 7.46. The summed E-state index contributed by atoms with van der Waals surface area (Å²) in [5.41, 5.74) is 0. The molecule has 2 aromatic heterocycles. The second-order valence-corrected chi connectivity index (χ2v) is 7.26. The van der Waals surface area contributed by atoms with Crippen LogP contribution in [0.1, 0.15) is 42.4 Å². The molecule has 0 atom stereocenters. The first-order valence-electron chi connectivity index (χ1n) is 7.76. The first kappa shape index (κ1) is 17.0. The molecule has 0 aliphatic carbocycles. The number of carbonyl (C=O) groups is 1. The van der Waals surface area contributed by atoms with Gasteiger partial charge in [0.1, 0.15) is 6.61 Å². The first-order valence-corrected chi connectivity index (χ1v) is 9.52. The van der Waals surface area contributed by atoms with Crippen molar-refractivity contribution in [1.82, 2.24) is 4.90 Å². The van der Waals surface area contributed by atoms with E-state index < -0.39 is 0 Å². The maximum absolute atomic E-state index is 12.3. The van der Waals surface area contributed by atoms with Crippen molar-refractivity contribution in [3.8, 4) is 0 Å². The summed E-state index contributed by atoms with van der Waals surface area (Å²) in [5.74, 6) is 0. The van der Waals surface area contributed by atoms with E-state index in [4.69, 9.17) is 4.74 Å². The lowest BCUT2D eigenvalue weighted by Crippen LogP contribution is -2.31. The molecule has 0 bridgehead atoms. The third-order valence-electron chi connectivity index (χ3n) is 3.38. The highest BCUT2D eigenvalue weighted by Gasteiger charge is 2.16. The highest BCUT2D eigenvalue weighted by molar-refractivity contribution is 7.10. The summed E-state index contributed by atoms with van der Waals surface area (Å²) in [7, 11) is 0. The Morgan fingerprint density at radius 2 is 1.82 bits per heavy atom. The fraction of sp³-hybridized carbons (Fsp3) is 0.471. The molecule has 0 radical (unpaired) electrons. The van der Waals surface area contributed by atoms with Gasteiger partial charge in [-0.2, -0.15) is 0 Å². The molecule has 0 spiro atoms. The lowest BCUT2D eigenvalue weighted by Gasteiger charge is -2.21. The maximum Gasteiger partial charge on any atom is 0.410 e. The van der Waals surface area contributed by atoms with Crippen LogP contribution in [-0.2, 0) is 17.9 Å². The smallest absolute Gasteiger partial charge is 0.410 e. The Morgan fingerprint density at radius 1 is 1.09 bits per heavy atom. The van der Waals surface area contributed by atoms with E-state index in [1.165, 1.54) is 17.7 Å². The predicted molar refractivity (Wildman–Crippen MR) is 93.4 cm³/mol. The molecule has 2 heterocycles. The van der Waals surface area contributed by atoms with Crippen molar-refractivity contribution in [2.24, 2.45) is 0 Å². The lowest BCUT2D eigenvalue weighted by atomic mass is 10.2. The molecule has 22 heavy (non-hydrogen) atoms. The summed E-state index contributed by atoms with van der Waals surface area (Å²) in [6.07, 6.45) is 4.41. The molecule has 1 amide bonds. The van der Waals surface area contributed by atoms with Crippen molar-refractivity contribution in [2.75, 3.05) is 6.54 Å². The van der Waals surface area contributed by atoms with Gasteiger partial charge in [-0.15, -0.1) is 22.7 Å². The molecular weight excluding hydrogens is 314 g/mol. The minimum absolute atomic E-state index is 0.210. The largest absolute Gasteiger partial charge is 0.444 e. The fourth-order valence-electron chi connectivity index (χ4n) is 2.17. The molecule has 0 aromatic carbocycles. The van der Waals surface area contributed by atoms with E-state index in [1.807, 2.05) is 33.9 Å². The summed E-state index contributed by atoms with van der Waals surface area (Å²) in [4.78, 5) is 16.4. The highest BCUT2D eigenvalue weighted by atomic mass is 32.1. The quantitative estimate of drug-likeness (QED) is 0.563. The van der Waals surface area contributed by atoms with Crippen molar-refractivity contribution in [1.29, 1.82) is 0 Å². The number of ether oxygens (including phenoxy) is 1. The zero-order valence-electron chi connectivity index (χ0n) is 13.0. The number of hydrogen-bond acceptors (Lipinski definition) is 4. The summed E-state index contributed by atoms with van der Waals surface area (Å²) in [5, 5.41) is 4.04. The van der Waals surface area contributed by atoms with Crippen LogP contribution in [0.2, 0.25) is 0 Å². The van der Waals surface area contributed by atoms with Gasteiger partial charge in [-0.25, -0.2) is 4.79 Å². The van der Waals surface area contributed by atoms with Crippen molar-refractivity contribution in [2.45, 2.75) is 45.8 Å². The second kappa shape index (κ2) is 9.64. The van der Waals surface area contributed by atoms with Crippen molar-refractivity contribution < 1.29 is 9.53 Å². The van der Waals surface area contributed by atoms with Crippen LogP contribution in [0.25, 0.3) is 0 Å². The third-order valence-corrected chi connectivity index (χ3v) is 5.10. The topological polar surface area (TPSA) is 29.5 Å². The average Bonchev–Trinajstić information content (AvgIpc) is 3.21. The van der Waals surface area contributed by atoms with Crippen LogP contribution in [0.15, 0.2) is 35.0 Å².